The number of benzene rings is 2. The highest BCUT2D eigenvalue weighted by Gasteiger charge is 2.15. The summed E-state index contributed by atoms with van der Waals surface area (Å²) in [6.07, 6.45) is 0.848. The molecule has 172 valence electrons. The molecular formula is C22H33IN4O3S. The minimum absolute atomic E-state index is 0. The van der Waals surface area contributed by atoms with Crippen molar-refractivity contribution < 1.29 is 13.2 Å². The largest absolute Gasteiger partial charge is 0.497 e. The zero-order valence-corrected chi connectivity index (χ0v) is 21.7. The van der Waals surface area contributed by atoms with Crippen LogP contribution in [0.15, 0.2) is 53.5 Å². The molecule has 0 aliphatic rings. The number of aliphatic imine (C=N–C) groups is 1. The molecule has 0 saturated heterocycles. The summed E-state index contributed by atoms with van der Waals surface area (Å²) in [6.45, 7) is 4.83. The van der Waals surface area contributed by atoms with Crippen molar-refractivity contribution in [3.63, 3.8) is 0 Å². The maximum Gasteiger partial charge on any atom is 0.216 e. The van der Waals surface area contributed by atoms with Crippen LogP contribution in [-0.4, -0.2) is 41.1 Å². The minimum Gasteiger partial charge on any atom is -0.497 e. The average Bonchev–Trinajstić information content (AvgIpc) is 2.70. The number of hydrogen-bond donors (Lipinski definition) is 3. The number of hydrogen-bond acceptors (Lipinski definition) is 4. The summed E-state index contributed by atoms with van der Waals surface area (Å²) in [5.41, 5.74) is 2.89. The van der Waals surface area contributed by atoms with Crippen LogP contribution in [0.4, 0.5) is 0 Å². The number of nitrogens with zero attached hydrogens (tertiary/aromatic N) is 1. The molecule has 2 rings (SSSR count). The normalized spacial score (nSPS) is 11.7. The maximum atomic E-state index is 12.3. The first-order valence-corrected chi connectivity index (χ1v) is 11.6. The van der Waals surface area contributed by atoms with Gasteiger partial charge in [0.1, 0.15) is 5.75 Å². The van der Waals surface area contributed by atoms with Crippen LogP contribution in [0.5, 0.6) is 5.75 Å². The van der Waals surface area contributed by atoms with Crippen molar-refractivity contribution in [1.29, 1.82) is 0 Å². The van der Waals surface area contributed by atoms with Gasteiger partial charge in [0.05, 0.1) is 12.9 Å². The van der Waals surface area contributed by atoms with Crippen molar-refractivity contribution in [1.82, 2.24) is 15.4 Å². The number of ether oxygens (including phenoxy) is 1. The van der Waals surface area contributed by atoms with Crippen LogP contribution < -0.4 is 20.1 Å². The Hall–Kier alpha value is -1.85. The molecule has 2 aromatic carbocycles. The number of methoxy groups -OCH3 is 1. The van der Waals surface area contributed by atoms with Crippen LogP contribution in [0.2, 0.25) is 0 Å². The molecular weight excluding hydrogens is 527 g/mol. The van der Waals surface area contributed by atoms with Crippen molar-refractivity contribution in [2.75, 3.05) is 20.7 Å². The predicted octanol–water partition coefficient (Wildman–Crippen LogP) is 3.05. The average molecular weight is 561 g/mol. The quantitative estimate of drug-likeness (QED) is 0.236. The van der Waals surface area contributed by atoms with Gasteiger partial charge in [0.2, 0.25) is 10.0 Å². The molecule has 0 aliphatic carbocycles. The van der Waals surface area contributed by atoms with E-state index in [1.807, 2.05) is 62.4 Å². The molecule has 0 atom stereocenters. The lowest BCUT2D eigenvalue weighted by molar-refractivity contribution is 0.414. The molecule has 0 bridgehead atoms. The fraction of sp³-hybridized carbons (Fsp3) is 0.409. The van der Waals surface area contributed by atoms with E-state index < -0.39 is 10.0 Å². The van der Waals surface area contributed by atoms with E-state index in [9.17, 15) is 8.42 Å². The van der Waals surface area contributed by atoms with E-state index in [4.69, 9.17) is 4.74 Å². The van der Waals surface area contributed by atoms with Crippen LogP contribution in [-0.2, 0) is 28.7 Å². The van der Waals surface area contributed by atoms with Gasteiger partial charge in [0.15, 0.2) is 5.96 Å². The summed E-state index contributed by atoms with van der Waals surface area (Å²) in [5.74, 6) is 1.46. The smallest absolute Gasteiger partial charge is 0.216 e. The Bertz CT molecular complexity index is 932. The van der Waals surface area contributed by atoms with E-state index in [1.54, 1.807) is 14.2 Å². The molecule has 31 heavy (non-hydrogen) atoms. The van der Waals surface area contributed by atoms with E-state index in [0.717, 1.165) is 29.8 Å². The molecule has 0 aliphatic heterocycles. The Morgan fingerprint density at radius 1 is 1.03 bits per heavy atom. The SMILES string of the molecule is CN=C(NCCc1ccc(OC)cc1)NCc1ccccc1CS(=O)(=O)NC(C)C.I. The first-order valence-electron chi connectivity index (χ1n) is 9.97. The molecule has 0 spiro atoms. The van der Waals surface area contributed by atoms with Crippen molar-refractivity contribution >= 4 is 40.0 Å². The maximum absolute atomic E-state index is 12.3. The molecule has 3 N–H and O–H groups in total. The number of halogens is 1. The predicted molar refractivity (Wildman–Crippen MR) is 138 cm³/mol. The number of sulfonamides is 1. The summed E-state index contributed by atoms with van der Waals surface area (Å²) in [6, 6.07) is 15.4. The van der Waals surface area contributed by atoms with Crippen molar-refractivity contribution in [3.05, 3.63) is 65.2 Å². The van der Waals surface area contributed by atoms with Gasteiger partial charge in [0.25, 0.3) is 0 Å². The second kappa shape index (κ2) is 13.5. The first kappa shape index (κ1) is 27.2. The van der Waals surface area contributed by atoms with Crippen molar-refractivity contribution in [2.45, 2.75) is 38.6 Å². The van der Waals surface area contributed by atoms with Gasteiger partial charge in [-0.15, -0.1) is 24.0 Å². The van der Waals surface area contributed by atoms with Crippen LogP contribution >= 0.6 is 24.0 Å². The molecule has 0 saturated carbocycles. The molecule has 0 amide bonds. The third kappa shape index (κ3) is 9.88. The fourth-order valence-corrected chi connectivity index (χ4v) is 4.49. The molecule has 7 nitrogen and oxygen atoms in total. The highest BCUT2D eigenvalue weighted by atomic mass is 127. The second-order valence-electron chi connectivity index (χ2n) is 7.25. The molecule has 0 fully saturated rings. The zero-order valence-electron chi connectivity index (χ0n) is 18.5. The molecule has 0 radical (unpaired) electrons. The summed E-state index contributed by atoms with van der Waals surface area (Å²) in [5, 5.41) is 6.55. The van der Waals surface area contributed by atoms with Gasteiger partial charge < -0.3 is 15.4 Å². The van der Waals surface area contributed by atoms with E-state index >= 15 is 0 Å². The molecule has 0 aromatic heterocycles. The summed E-state index contributed by atoms with van der Waals surface area (Å²) < 4.78 is 32.4. The molecule has 9 heteroatoms. The first-order chi connectivity index (χ1) is 14.3. The zero-order chi connectivity index (χ0) is 22.0. The lowest BCUT2D eigenvalue weighted by Crippen LogP contribution is -2.38. The van der Waals surface area contributed by atoms with Gasteiger partial charge >= 0.3 is 0 Å². The second-order valence-corrected chi connectivity index (χ2v) is 9.00. The van der Waals surface area contributed by atoms with Gasteiger partial charge in [-0.2, -0.15) is 0 Å². The van der Waals surface area contributed by atoms with Crippen LogP contribution in [0.1, 0.15) is 30.5 Å². The Morgan fingerprint density at radius 3 is 2.26 bits per heavy atom. The van der Waals surface area contributed by atoms with E-state index in [1.165, 1.54) is 5.56 Å². The van der Waals surface area contributed by atoms with Gasteiger partial charge in [-0.05, 0) is 49.1 Å². The van der Waals surface area contributed by atoms with Crippen LogP contribution in [0.3, 0.4) is 0 Å². The van der Waals surface area contributed by atoms with Gasteiger partial charge in [-0.1, -0.05) is 36.4 Å². The van der Waals surface area contributed by atoms with Crippen molar-refractivity contribution in [3.8, 4) is 5.75 Å². The van der Waals surface area contributed by atoms with Gasteiger partial charge in [-0.3, -0.25) is 4.99 Å². The summed E-state index contributed by atoms with van der Waals surface area (Å²) >= 11 is 0. The third-order valence-corrected chi connectivity index (χ3v) is 5.94. The van der Waals surface area contributed by atoms with Gasteiger partial charge in [0, 0.05) is 26.2 Å². The highest BCUT2D eigenvalue weighted by molar-refractivity contribution is 14.0. The highest BCUT2D eigenvalue weighted by Crippen LogP contribution is 2.13. The Kier molecular flexibility index (Phi) is 11.9. The third-order valence-electron chi connectivity index (χ3n) is 4.41. The van der Waals surface area contributed by atoms with E-state index in [-0.39, 0.29) is 35.8 Å². The van der Waals surface area contributed by atoms with Gasteiger partial charge in [-0.25, -0.2) is 13.1 Å². The molecule has 0 heterocycles. The lowest BCUT2D eigenvalue weighted by atomic mass is 10.1. The standard InChI is InChI=1S/C22H32N4O3S.HI/c1-17(2)26-30(27,28)16-20-8-6-5-7-19(20)15-25-22(23-3)24-14-13-18-9-11-21(29-4)12-10-18;/h5-12,17,26H,13-16H2,1-4H3,(H2,23,24,25);1H. The minimum atomic E-state index is -3.38. The topological polar surface area (TPSA) is 91.8 Å². The number of guanidine groups is 1. The summed E-state index contributed by atoms with van der Waals surface area (Å²) in [7, 11) is -0.0157. The Labute approximate surface area is 203 Å². The van der Waals surface area contributed by atoms with Crippen LogP contribution in [0.25, 0.3) is 0 Å². The molecule has 0 unspecified atom stereocenters. The molecule has 2 aromatic rings. The Morgan fingerprint density at radius 2 is 1.68 bits per heavy atom. The van der Waals surface area contributed by atoms with Crippen molar-refractivity contribution in [2.24, 2.45) is 4.99 Å². The number of nitrogens with one attached hydrogen (secondary N) is 3. The Balaban J connectivity index is 0.00000480. The fourth-order valence-electron chi connectivity index (χ4n) is 2.99. The lowest BCUT2D eigenvalue weighted by Gasteiger charge is -2.15. The van der Waals surface area contributed by atoms with E-state index in [2.05, 4.69) is 20.3 Å². The summed E-state index contributed by atoms with van der Waals surface area (Å²) in [4.78, 5) is 4.25. The van der Waals surface area contributed by atoms with E-state index in [0.29, 0.717) is 12.5 Å². The monoisotopic (exact) mass is 560 g/mol. The number of rotatable bonds is 10. The van der Waals surface area contributed by atoms with Crippen LogP contribution in [0, 0.1) is 0 Å².